The molecule has 2 aliphatic rings. The monoisotopic (exact) mass is 274 g/mol. The summed E-state index contributed by atoms with van der Waals surface area (Å²) in [6.07, 6.45) is 3.96. The number of hydrogen-bond acceptors (Lipinski definition) is 5. The first-order valence-electron chi connectivity index (χ1n) is 7.19. The van der Waals surface area contributed by atoms with E-state index in [1.807, 2.05) is 12.4 Å². The molecule has 2 heterocycles. The summed E-state index contributed by atoms with van der Waals surface area (Å²) < 4.78 is 5.41. The van der Waals surface area contributed by atoms with Crippen molar-refractivity contribution in [3.8, 4) is 0 Å². The first-order valence-corrected chi connectivity index (χ1v) is 7.19. The van der Waals surface area contributed by atoms with E-state index < -0.39 is 0 Å². The molecule has 1 fully saturated rings. The first-order chi connectivity index (χ1) is 9.92. The molecule has 108 valence electrons. The maximum atomic E-state index is 5.41. The van der Waals surface area contributed by atoms with Crippen molar-refractivity contribution in [2.75, 3.05) is 26.3 Å². The van der Waals surface area contributed by atoms with Crippen LogP contribution in [-0.4, -0.2) is 37.5 Å². The van der Waals surface area contributed by atoms with Crippen molar-refractivity contribution < 1.29 is 4.74 Å². The van der Waals surface area contributed by atoms with Crippen molar-refractivity contribution in [3.05, 3.63) is 47.8 Å². The smallest absolute Gasteiger partial charge is 0.152 e. The lowest BCUT2D eigenvalue weighted by Gasteiger charge is -2.27. The fraction of sp³-hybridized carbons (Fsp3) is 0.467. The highest BCUT2D eigenvalue weighted by Gasteiger charge is 2.13. The Morgan fingerprint density at radius 2 is 1.80 bits per heavy atom. The van der Waals surface area contributed by atoms with Gasteiger partial charge in [0, 0.05) is 38.6 Å². The number of nitrogens with zero attached hydrogens (tertiary/aromatic N) is 1. The SMILES string of the molecule is C1=CNC(NCc2ccccc2CN2CCOCC2)N1. The minimum Gasteiger partial charge on any atom is -0.379 e. The van der Waals surface area contributed by atoms with E-state index in [9.17, 15) is 0 Å². The molecule has 0 saturated carbocycles. The van der Waals surface area contributed by atoms with Gasteiger partial charge in [-0.25, -0.2) is 0 Å². The van der Waals surface area contributed by atoms with Crippen molar-refractivity contribution in [1.29, 1.82) is 0 Å². The van der Waals surface area contributed by atoms with Crippen molar-refractivity contribution >= 4 is 0 Å². The molecular formula is C15H22N4O. The van der Waals surface area contributed by atoms with Crippen LogP contribution in [0.4, 0.5) is 0 Å². The molecule has 1 aromatic carbocycles. The summed E-state index contributed by atoms with van der Waals surface area (Å²) in [4.78, 5) is 2.45. The minimum absolute atomic E-state index is 0.131. The minimum atomic E-state index is 0.131. The first kappa shape index (κ1) is 13.4. The fourth-order valence-electron chi connectivity index (χ4n) is 2.55. The molecule has 1 saturated heterocycles. The van der Waals surface area contributed by atoms with E-state index in [4.69, 9.17) is 4.74 Å². The third-order valence-corrected chi connectivity index (χ3v) is 3.72. The highest BCUT2D eigenvalue weighted by Crippen LogP contribution is 2.13. The van der Waals surface area contributed by atoms with E-state index in [-0.39, 0.29) is 6.29 Å². The van der Waals surface area contributed by atoms with Gasteiger partial charge in [0.2, 0.25) is 0 Å². The van der Waals surface area contributed by atoms with Gasteiger partial charge >= 0.3 is 0 Å². The van der Waals surface area contributed by atoms with Gasteiger partial charge < -0.3 is 15.4 Å². The third kappa shape index (κ3) is 3.50. The normalized spacial score (nSPS) is 19.8. The molecule has 0 radical (unpaired) electrons. The lowest BCUT2D eigenvalue weighted by Crippen LogP contribution is -2.44. The summed E-state index contributed by atoms with van der Waals surface area (Å²) in [5, 5.41) is 9.84. The van der Waals surface area contributed by atoms with Gasteiger partial charge in [0.15, 0.2) is 6.29 Å². The summed E-state index contributed by atoms with van der Waals surface area (Å²) in [7, 11) is 0. The van der Waals surface area contributed by atoms with Crippen LogP contribution < -0.4 is 16.0 Å². The molecule has 5 heteroatoms. The van der Waals surface area contributed by atoms with Crippen molar-refractivity contribution in [2.45, 2.75) is 19.4 Å². The van der Waals surface area contributed by atoms with Crippen LogP contribution in [0, 0.1) is 0 Å². The van der Waals surface area contributed by atoms with Crippen LogP contribution in [0.15, 0.2) is 36.7 Å². The Hall–Kier alpha value is -1.56. The van der Waals surface area contributed by atoms with Crippen LogP contribution in [0.3, 0.4) is 0 Å². The van der Waals surface area contributed by atoms with E-state index in [2.05, 4.69) is 45.1 Å². The zero-order valence-electron chi connectivity index (χ0n) is 11.6. The van der Waals surface area contributed by atoms with Crippen molar-refractivity contribution in [3.63, 3.8) is 0 Å². The van der Waals surface area contributed by atoms with Crippen LogP contribution in [0.1, 0.15) is 11.1 Å². The second-order valence-electron chi connectivity index (χ2n) is 5.14. The molecule has 3 rings (SSSR count). The zero-order chi connectivity index (χ0) is 13.6. The molecule has 2 aliphatic heterocycles. The number of benzene rings is 1. The molecule has 5 nitrogen and oxygen atoms in total. The molecule has 0 spiro atoms. The van der Waals surface area contributed by atoms with E-state index >= 15 is 0 Å². The standard InChI is InChI=1S/C15H22N4O/c1-2-4-14(12-19-7-9-20-10-8-19)13(3-1)11-18-15-16-5-6-17-15/h1-6,15-18H,7-12H2. The zero-order valence-corrected chi connectivity index (χ0v) is 11.6. The molecule has 0 aromatic heterocycles. The van der Waals surface area contributed by atoms with Gasteiger partial charge in [-0.05, 0) is 11.1 Å². The summed E-state index contributed by atoms with van der Waals surface area (Å²) in [5.74, 6) is 0. The Balaban J connectivity index is 1.58. The number of ether oxygens (including phenoxy) is 1. The molecule has 0 atom stereocenters. The maximum absolute atomic E-state index is 5.41. The second kappa shape index (κ2) is 6.74. The Kier molecular flexibility index (Phi) is 4.53. The fourth-order valence-corrected chi connectivity index (χ4v) is 2.55. The lowest BCUT2D eigenvalue weighted by molar-refractivity contribution is 0.0340. The van der Waals surface area contributed by atoms with Gasteiger partial charge in [0.1, 0.15) is 0 Å². The molecule has 0 bridgehead atoms. The Morgan fingerprint density at radius 3 is 2.55 bits per heavy atom. The van der Waals surface area contributed by atoms with E-state index in [0.29, 0.717) is 0 Å². The van der Waals surface area contributed by atoms with Crippen molar-refractivity contribution in [1.82, 2.24) is 20.9 Å². The largest absolute Gasteiger partial charge is 0.379 e. The predicted molar refractivity (Wildman–Crippen MR) is 78.6 cm³/mol. The molecule has 20 heavy (non-hydrogen) atoms. The number of morpholine rings is 1. The quantitative estimate of drug-likeness (QED) is 0.732. The van der Waals surface area contributed by atoms with Gasteiger partial charge in [0.25, 0.3) is 0 Å². The molecule has 0 aliphatic carbocycles. The Morgan fingerprint density at radius 1 is 1.10 bits per heavy atom. The van der Waals surface area contributed by atoms with E-state index in [0.717, 1.165) is 39.4 Å². The average molecular weight is 274 g/mol. The molecule has 0 unspecified atom stereocenters. The maximum Gasteiger partial charge on any atom is 0.152 e. The summed E-state index contributed by atoms with van der Waals surface area (Å²) >= 11 is 0. The van der Waals surface area contributed by atoms with Gasteiger partial charge in [-0.15, -0.1) is 0 Å². The third-order valence-electron chi connectivity index (χ3n) is 3.72. The van der Waals surface area contributed by atoms with Crippen molar-refractivity contribution in [2.24, 2.45) is 0 Å². The lowest BCUT2D eigenvalue weighted by atomic mass is 10.1. The van der Waals surface area contributed by atoms with E-state index in [1.165, 1.54) is 11.1 Å². The molecule has 3 N–H and O–H groups in total. The van der Waals surface area contributed by atoms with E-state index in [1.54, 1.807) is 0 Å². The summed E-state index contributed by atoms with van der Waals surface area (Å²) in [6, 6.07) is 8.64. The van der Waals surface area contributed by atoms with Gasteiger partial charge in [0.05, 0.1) is 13.2 Å². The highest BCUT2D eigenvalue weighted by molar-refractivity contribution is 5.27. The Bertz CT molecular complexity index is 449. The van der Waals surface area contributed by atoms with Crippen LogP contribution in [0.2, 0.25) is 0 Å². The second-order valence-corrected chi connectivity index (χ2v) is 5.14. The average Bonchev–Trinajstić information content (AvgIpc) is 3.01. The van der Waals surface area contributed by atoms with Gasteiger partial charge in [-0.1, -0.05) is 24.3 Å². The van der Waals surface area contributed by atoms with Crippen LogP contribution >= 0.6 is 0 Å². The van der Waals surface area contributed by atoms with Crippen LogP contribution in [0.25, 0.3) is 0 Å². The molecule has 0 amide bonds. The molecule has 1 aromatic rings. The van der Waals surface area contributed by atoms with Gasteiger partial charge in [-0.2, -0.15) is 0 Å². The van der Waals surface area contributed by atoms with Gasteiger partial charge in [-0.3, -0.25) is 10.2 Å². The van der Waals surface area contributed by atoms with Crippen LogP contribution in [0.5, 0.6) is 0 Å². The summed E-state index contributed by atoms with van der Waals surface area (Å²) in [6.45, 7) is 5.61. The predicted octanol–water partition coefficient (Wildman–Crippen LogP) is 0.556. The summed E-state index contributed by atoms with van der Waals surface area (Å²) in [5.41, 5.74) is 2.75. The topological polar surface area (TPSA) is 48.6 Å². The number of nitrogens with one attached hydrogen (secondary N) is 3. The Labute approximate surface area is 120 Å². The number of rotatable bonds is 5. The number of hydrogen-bond donors (Lipinski definition) is 3. The highest BCUT2D eigenvalue weighted by atomic mass is 16.5. The van der Waals surface area contributed by atoms with Crippen LogP contribution in [-0.2, 0) is 17.8 Å². The molecular weight excluding hydrogens is 252 g/mol.